The Morgan fingerprint density at radius 2 is 1.79 bits per heavy atom. The zero-order chi connectivity index (χ0) is 20.7. The van der Waals surface area contributed by atoms with Gasteiger partial charge in [-0.3, -0.25) is 4.79 Å². The van der Waals surface area contributed by atoms with Gasteiger partial charge in [0.2, 0.25) is 0 Å². The summed E-state index contributed by atoms with van der Waals surface area (Å²) < 4.78 is 16.2. The van der Waals surface area contributed by atoms with Gasteiger partial charge in [0.25, 0.3) is 5.91 Å². The maximum Gasteiger partial charge on any atom is 0.266 e. The Hall–Kier alpha value is -3.17. The highest BCUT2D eigenvalue weighted by molar-refractivity contribution is 6.31. The monoisotopic (exact) mass is 400 g/mol. The van der Waals surface area contributed by atoms with Crippen molar-refractivity contribution in [3.63, 3.8) is 0 Å². The van der Waals surface area contributed by atoms with Crippen molar-refractivity contribution in [1.82, 2.24) is 0 Å². The van der Waals surface area contributed by atoms with Crippen LogP contribution in [0.3, 0.4) is 0 Å². The van der Waals surface area contributed by atoms with Crippen LogP contribution in [0.5, 0.6) is 17.2 Å². The van der Waals surface area contributed by atoms with E-state index in [0.29, 0.717) is 33.5 Å². The topological polar surface area (TPSA) is 80.6 Å². The summed E-state index contributed by atoms with van der Waals surface area (Å²) in [6.45, 7) is 3.82. The molecule has 0 aliphatic carbocycles. The van der Waals surface area contributed by atoms with E-state index in [-0.39, 0.29) is 11.7 Å². The summed E-state index contributed by atoms with van der Waals surface area (Å²) in [5, 5.41) is 12.5. The first-order valence-corrected chi connectivity index (χ1v) is 8.87. The standard InChI is InChI=1S/C21H21ClN2O4/c1-13(2)28-19-7-5-14(10-20(19)27-4)9-15(12-23)21(25)24-17-11-16(22)6-8-18(17)26-3/h5-11,13H,1-4H3,(H,24,25)/b15-9+. The second-order valence-corrected chi connectivity index (χ2v) is 6.48. The minimum Gasteiger partial charge on any atom is -0.495 e. The molecule has 0 aliphatic rings. The Kier molecular flexibility index (Phi) is 7.30. The number of benzene rings is 2. The molecule has 0 fully saturated rings. The molecule has 1 amide bonds. The summed E-state index contributed by atoms with van der Waals surface area (Å²) in [5.74, 6) is 0.953. The van der Waals surface area contributed by atoms with E-state index in [2.05, 4.69) is 5.32 Å². The van der Waals surface area contributed by atoms with Crippen LogP contribution in [0.15, 0.2) is 42.0 Å². The summed E-state index contributed by atoms with van der Waals surface area (Å²) >= 11 is 5.97. The molecule has 2 rings (SSSR count). The van der Waals surface area contributed by atoms with Gasteiger partial charge in [-0.2, -0.15) is 5.26 Å². The zero-order valence-corrected chi connectivity index (χ0v) is 16.8. The number of amides is 1. The number of nitrogens with zero attached hydrogens (tertiary/aromatic N) is 1. The summed E-state index contributed by atoms with van der Waals surface area (Å²) in [4.78, 5) is 12.5. The molecule has 28 heavy (non-hydrogen) atoms. The Bertz CT molecular complexity index is 932. The first kappa shape index (κ1) is 21.1. The smallest absolute Gasteiger partial charge is 0.266 e. The number of hydrogen-bond acceptors (Lipinski definition) is 5. The lowest BCUT2D eigenvalue weighted by Crippen LogP contribution is -2.14. The maximum absolute atomic E-state index is 12.5. The number of carbonyl (C=O) groups is 1. The number of methoxy groups -OCH3 is 2. The lowest BCUT2D eigenvalue weighted by molar-refractivity contribution is -0.112. The van der Waals surface area contributed by atoms with Crippen LogP contribution in [0.4, 0.5) is 5.69 Å². The van der Waals surface area contributed by atoms with Crippen LogP contribution in [0, 0.1) is 11.3 Å². The van der Waals surface area contributed by atoms with Crippen molar-refractivity contribution in [1.29, 1.82) is 5.26 Å². The van der Waals surface area contributed by atoms with E-state index in [1.54, 1.807) is 36.4 Å². The third kappa shape index (κ3) is 5.41. The highest BCUT2D eigenvalue weighted by Crippen LogP contribution is 2.30. The average molecular weight is 401 g/mol. The molecule has 6 nitrogen and oxygen atoms in total. The Morgan fingerprint density at radius 3 is 2.39 bits per heavy atom. The first-order valence-electron chi connectivity index (χ1n) is 8.49. The summed E-state index contributed by atoms with van der Waals surface area (Å²) in [6.07, 6.45) is 1.46. The Morgan fingerprint density at radius 1 is 1.11 bits per heavy atom. The van der Waals surface area contributed by atoms with Gasteiger partial charge in [-0.15, -0.1) is 0 Å². The fraction of sp³-hybridized carbons (Fsp3) is 0.238. The number of anilines is 1. The fourth-order valence-electron chi connectivity index (χ4n) is 2.41. The van der Waals surface area contributed by atoms with Gasteiger partial charge in [0.05, 0.1) is 26.0 Å². The van der Waals surface area contributed by atoms with Gasteiger partial charge >= 0.3 is 0 Å². The number of halogens is 1. The molecule has 0 heterocycles. The molecular formula is C21H21ClN2O4. The molecule has 1 N–H and O–H groups in total. The van der Waals surface area contributed by atoms with Crippen molar-refractivity contribution in [3.05, 3.63) is 52.6 Å². The zero-order valence-electron chi connectivity index (χ0n) is 16.1. The summed E-state index contributed by atoms with van der Waals surface area (Å²) in [6, 6.07) is 11.9. The molecule has 146 valence electrons. The molecule has 0 aromatic heterocycles. The first-order chi connectivity index (χ1) is 13.4. The molecule has 0 atom stereocenters. The Labute approximate surface area is 169 Å². The molecule has 2 aromatic rings. The molecule has 0 bridgehead atoms. The fourth-order valence-corrected chi connectivity index (χ4v) is 2.58. The van der Waals surface area contributed by atoms with Crippen LogP contribution in [0.1, 0.15) is 19.4 Å². The molecule has 7 heteroatoms. The largest absolute Gasteiger partial charge is 0.495 e. The van der Waals surface area contributed by atoms with Gasteiger partial charge in [-0.1, -0.05) is 17.7 Å². The van der Waals surface area contributed by atoms with E-state index in [1.807, 2.05) is 19.9 Å². The summed E-state index contributed by atoms with van der Waals surface area (Å²) in [5.41, 5.74) is 0.915. The Balaban J connectivity index is 2.29. The van der Waals surface area contributed by atoms with E-state index in [0.717, 1.165) is 0 Å². The van der Waals surface area contributed by atoms with Crippen LogP contribution in [-0.4, -0.2) is 26.2 Å². The van der Waals surface area contributed by atoms with Gasteiger partial charge in [-0.25, -0.2) is 0 Å². The minimum absolute atomic E-state index is 0.0107. The molecule has 0 radical (unpaired) electrons. The molecular weight excluding hydrogens is 380 g/mol. The number of hydrogen-bond donors (Lipinski definition) is 1. The van der Waals surface area contributed by atoms with Crippen molar-refractivity contribution in [2.45, 2.75) is 20.0 Å². The van der Waals surface area contributed by atoms with E-state index >= 15 is 0 Å². The second kappa shape index (κ2) is 9.67. The van der Waals surface area contributed by atoms with Gasteiger partial charge in [0.15, 0.2) is 11.5 Å². The van der Waals surface area contributed by atoms with E-state index in [1.165, 1.54) is 20.3 Å². The number of carbonyl (C=O) groups excluding carboxylic acids is 1. The third-order valence-corrected chi connectivity index (χ3v) is 3.87. The van der Waals surface area contributed by atoms with Crippen molar-refractivity contribution in [2.24, 2.45) is 0 Å². The predicted octanol–water partition coefficient (Wildman–Crippen LogP) is 4.69. The van der Waals surface area contributed by atoms with Crippen LogP contribution in [-0.2, 0) is 4.79 Å². The van der Waals surface area contributed by atoms with Crippen LogP contribution >= 0.6 is 11.6 Å². The molecule has 2 aromatic carbocycles. The number of rotatable bonds is 7. The molecule has 0 spiro atoms. The van der Waals surface area contributed by atoms with E-state index in [9.17, 15) is 10.1 Å². The van der Waals surface area contributed by atoms with E-state index in [4.69, 9.17) is 25.8 Å². The number of ether oxygens (including phenoxy) is 3. The lowest BCUT2D eigenvalue weighted by atomic mass is 10.1. The van der Waals surface area contributed by atoms with Gasteiger partial charge in [-0.05, 0) is 55.8 Å². The van der Waals surface area contributed by atoms with Crippen LogP contribution < -0.4 is 19.5 Å². The predicted molar refractivity (Wildman–Crippen MR) is 109 cm³/mol. The van der Waals surface area contributed by atoms with Crippen molar-refractivity contribution in [3.8, 4) is 23.3 Å². The minimum atomic E-state index is -0.579. The van der Waals surface area contributed by atoms with Gasteiger partial charge < -0.3 is 19.5 Å². The third-order valence-electron chi connectivity index (χ3n) is 3.64. The SMILES string of the molecule is COc1ccc(Cl)cc1NC(=O)/C(C#N)=C/c1ccc(OC(C)C)c(OC)c1. The molecule has 0 saturated heterocycles. The quantitative estimate of drug-likeness (QED) is 0.538. The molecule has 0 saturated carbocycles. The van der Waals surface area contributed by atoms with Gasteiger partial charge in [0, 0.05) is 5.02 Å². The molecule has 0 aliphatic heterocycles. The van der Waals surface area contributed by atoms with Crippen LogP contribution in [0.2, 0.25) is 5.02 Å². The van der Waals surface area contributed by atoms with Crippen molar-refractivity contribution < 1.29 is 19.0 Å². The van der Waals surface area contributed by atoms with E-state index < -0.39 is 5.91 Å². The average Bonchev–Trinajstić information content (AvgIpc) is 2.66. The number of nitrogens with one attached hydrogen (secondary N) is 1. The molecule has 0 unspecified atom stereocenters. The number of nitriles is 1. The summed E-state index contributed by atoms with van der Waals surface area (Å²) in [7, 11) is 3.01. The highest BCUT2D eigenvalue weighted by Gasteiger charge is 2.14. The van der Waals surface area contributed by atoms with Gasteiger partial charge in [0.1, 0.15) is 17.4 Å². The maximum atomic E-state index is 12.5. The lowest BCUT2D eigenvalue weighted by Gasteiger charge is -2.14. The van der Waals surface area contributed by atoms with Crippen LogP contribution in [0.25, 0.3) is 6.08 Å². The van der Waals surface area contributed by atoms with Crippen molar-refractivity contribution in [2.75, 3.05) is 19.5 Å². The van der Waals surface area contributed by atoms with Crippen molar-refractivity contribution >= 4 is 29.3 Å². The highest BCUT2D eigenvalue weighted by atomic mass is 35.5. The normalized spacial score (nSPS) is 11.0. The second-order valence-electron chi connectivity index (χ2n) is 6.05.